The second-order valence-corrected chi connectivity index (χ2v) is 6.81. The summed E-state index contributed by atoms with van der Waals surface area (Å²) in [6, 6.07) is 13.8. The van der Waals surface area contributed by atoms with Crippen molar-refractivity contribution in [2.45, 2.75) is 39.5 Å². The van der Waals surface area contributed by atoms with E-state index in [1.807, 2.05) is 56.3 Å². The summed E-state index contributed by atoms with van der Waals surface area (Å²) in [5.41, 5.74) is 4.84. The third-order valence-corrected chi connectivity index (χ3v) is 5.06. The number of hydrogen-bond acceptors (Lipinski definition) is 2. The summed E-state index contributed by atoms with van der Waals surface area (Å²) < 4.78 is 0. The van der Waals surface area contributed by atoms with Crippen molar-refractivity contribution in [1.82, 2.24) is 0 Å². The molecule has 0 aliphatic heterocycles. The van der Waals surface area contributed by atoms with Crippen LogP contribution in [0.2, 0.25) is 0 Å². The number of anilines is 2. The van der Waals surface area contributed by atoms with Gasteiger partial charge in [0.15, 0.2) is 0 Å². The van der Waals surface area contributed by atoms with E-state index in [2.05, 4.69) is 10.6 Å². The molecule has 3 nitrogen and oxygen atoms in total. The fraction of sp³-hybridized carbons (Fsp3) is 0.381. The Balaban J connectivity index is 1.59. The van der Waals surface area contributed by atoms with Gasteiger partial charge in [0.05, 0.1) is 0 Å². The van der Waals surface area contributed by atoms with Gasteiger partial charge in [0.2, 0.25) is 0 Å². The summed E-state index contributed by atoms with van der Waals surface area (Å²) >= 11 is 0. The zero-order valence-corrected chi connectivity index (χ0v) is 14.6. The van der Waals surface area contributed by atoms with Crippen molar-refractivity contribution in [3.8, 4) is 0 Å². The average Bonchev–Trinajstić information content (AvgIpc) is 3.10. The highest BCUT2D eigenvalue weighted by Crippen LogP contribution is 2.25. The molecule has 1 aliphatic rings. The molecule has 2 N–H and O–H groups in total. The lowest BCUT2D eigenvalue weighted by Gasteiger charge is -2.13. The normalized spacial score (nSPS) is 14.6. The van der Waals surface area contributed by atoms with Crippen LogP contribution in [0.15, 0.2) is 42.5 Å². The molecule has 1 amide bonds. The Morgan fingerprint density at radius 3 is 2.38 bits per heavy atom. The highest BCUT2D eigenvalue weighted by molar-refractivity contribution is 6.05. The van der Waals surface area contributed by atoms with Crippen LogP contribution < -0.4 is 10.6 Å². The summed E-state index contributed by atoms with van der Waals surface area (Å²) in [6.45, 7) is 5.06. The van der Waals surface area contributed by atoms with Crippen LogP contribution in [-0.4, -0.2) is 12.5 Å². The molecule has 126 valence electrons. The topological polar surface area (TPSA) is 41.1 Å². The molecule has 1 fully saturated rings. The van der Waals surface area contributed by atoms with E-state index in [4.69, 9.17) is 0 Å². The van der Waals surface area contributed by atoms with Gasteiger partial charge in [0.25, 0.3) is 5.91 Å². The van der Waals surface area contributed by atoms with E-state index in [9.17, 15) is 4.79 Å². The summed E-state index contributed by atoms with van der Waals surface area (Å²) in [4.78, 5) is 12.4. The zero-order valence-electron chi connectivity index (χ0n) is 14.6. The first-order valence-electron chi connectivity index (χ1n) is 8.85. The fourth-order valence-electron chi connectivity index (χ4n) is 3.34. The Hall–Kier alpha value is -2.29. The standard InChI is InChI=1S/C21H26N2O/c1-15-6-5-9-20(16(15)2)21(24)23-19-12-10-18(11-13-19)22-14-17-7-3-4-8-17/h5-6,9-13,17,22H,3-4,7-8,14H2,1-2H3,(H,23,24). The van der Waals surface area contributed by atoms with Crippen LogP contribution in [0.1, 0.15) is 47.2 Å². The maximum Gasteiger partial charge on any atom is 0.255 e. The number of rotatable bonds is 5. The predicted octanol–water partition coefficient (Wildman–Crippen LogP) is 5.16. The van der Waals surface area contributed by atoms with Crippen LogP contribution in [0.25, 0.3) is 0 Å². The van der Waals surface area contributed by atoms with Crippen LogP contribution in [0.4, 0.5) is 11.4 Å². The van der Waals surface area contributed by atoms with Gasteiger partial charge >= 0.3 is 0 Å². The average molecular weight is 322 g/mol. The number of amides is 1. The van der Waals surface area contributed by atoms with E-state index in [1.165, 1.54) is 25.7 Å². The maximum absolute atomic E-state index is 12.4. The van der Waals surface area contributed by atoms with Crippen molar-refractivity contribution in [1.29, 1.82) is 0 Å². The van der Waals surface area contributed by atoms with Crippen LogP contribution in [-0.2, 0) is 0 Å². The number of hydrogen-bond donors (Lipinski definition) is 2. The third-order valence-electron chi connectivity index (χ3n) is 5.06. The molecule has 1 saturated carbocycles. The van der Waals surface area contributed by atoms with E-state index >= 15 is 0 Å². The lowest BCUT2D eigenvalue weighted by Crippen LogP contribution is -2.14. The SMILES string of the molecule is Cc1cccc(C(=O)Nc2ccc(NCC3CCCC3)cc2)c1C. The fourth-order valence-corrected chi connectivity index (χ4v) is 3.34. The molecule has 1 aliphatic carbocycles. The molecule has 3 heteroatoms. The molecule has 0 heterocycles. The summed E-state index contributed by atoms with van der Waals surface area (Å²) in [7, 11) is 0. The largest absolute Gasteiger partial charge is 0.385 e. The number of nitrogens with one attached hydrogen (secondary N) is 2. The van der Waals surface area contributed by atoms with Gasteiger partial charge in [-0.25, -0.2) is 0 Å². The van der Waals surface area contributed by atoms with E-state index in [0.29, 0.717) is 0 Å². The van der Waals surface area contributed by atoms with Crippen LogP contribution >= 0.6 is 0 Å². The second kappa shape index (κ2) is 7.52. The van der Waals surface area contributed by atoms with E-state index in [-0.39, 0.29) is 5.91 Å². The van der Waals surface area contributed by atoms with Gasteiger partial charge in [0.1, 0.15) is 0 Å². The molecule has 2 aromatic rings. The van der Waals surface area contributed by atoms with Gasteiger partial charge in [0, 0.05) is 23.5 Å². The van der Waals surface area contributed by atoms with Crippen molar-refractivity contribution in [3.63, 3.8) is 0 Å². The third kappa shape index (κ3) is 3.97. The molecule has 3 rings (SSSR count). The van der Waals surface area contributed by atoms with Crippen molar-refractivity contribution in [2.24, 2.45) is 5.92 Å². The Bertz CT molecular complexity index is 700. The van der Waals surface area contributed by atoms with Crippen LogP contribution in [0.5, 0.6) is 0 Å². The smallest absolute Gasteiger partial charge is 0.255 e. The molecule has 0 saturated heterocycles. The molecule has 0 radical (unpaired) electrons. The molecular formula is C21H26N2O. The predicted molar refractivity (Wildman–Crippen MR) is 101 cm³/mol. The Morgan fingerprint density at radius 2 is 1.67 bits per heavy atom. The van der Waals surface area contributed by atoms with Gasteiger partial charge in [-0.3, -0.25) is 4.79 Å². The van der Waals surface area contributed by atoms with Gasteiger partial charge < -0.3 is 10.6 Å². The van der Waals surface area contributed by atoms with E-state index in [0.717, 1.165) is 40.5 Å². The molecule has 0 bridgehead atoms. The second-order valence-electron chi connectivity index (χ2n) is 6.81. The minimum atomic E-state index is -0.0529. The Kier molecular flexibility index (Phi) is 5.19. The number of aryl methyl sites for hydroxylation is 1. The lowest BCUT2D eigenvalue weighted by atomic mass is 10.0. The first-order chi connectivity index (χ1) is 11.6. The van der Waals surface area contributed by atoms with E-state index < -0.39 is 0 Å². The van der Waals surface area contributed by atoms with Crippen LogP contribution in [0, 0.1) is 19.8 Å². The Morgan fingerprint density at radius 1 is 1.00 bits per heavy atom. The molecule has 0 unspecified atom stereocenters. The van der Waals surface area contributed by atoms with Gasteiger partial charge in [-0.2, -0.15) is 0 Å². The minimum absolute atomic E-state index is 0.0529. The monoisotopic (exact) mass is 322 g/mol. The quantitative estimate of drug-likeness (QED) is 0.798. The molecule has 0 atom stereocenters. The first kappa shape index (κ1) is 16.6. The van der Waals surface area contributed by atoms with Gasteiger partial charge in [-0.15, -0.1) is 0 Å². The number of carbonyl (C=O) groups is 1. The summed E-state index contributed by atoms with van der Waals surface area (Å²) in [6.07, 6.45) is 5.43. The highest BCUT2D eigenvalue weighted by atomic mass is 16.1. The zero-order chi connectivity index (χ0) is 16.9. The Labute approximate surface area is 144 Å². The van der Waals surface area contributed by atoms with Gasteiger partial charge in [-0.05, 0) is 74.1 Å². The lowest BCUT2D eigenvalue weighted by molar-refractivity contribution is 0.102. The number of benzene rings is 2. The maximum atomic E-state index is 12.4. The molecular weight excluding hydrogens is 296 g/mol. The van der Waals surface area contributed by atoms with Crippen molar-refractivity contribution < 1.29 is 4.79 Å². The summed E-state index contributed by atoms with van der Waals surface area (Å²) in [5, 5.41) is 6.49. The molecule has 0 spiro atoms. The molecule has 2 aromatic carbocycles. The van der Waals surface area contributed by atoms with Crippen molar-refractivity contribution >= 4 is 17.3 Å². The number of carbonyl (C=O) groups excluding carboxylic acids is 1. The summed E-state index contributed by atoms with van der Waals surface area (Å²) in [5.74, 6) is 0.761. The van der Waals surface area contributed by atoms with Crippen molar-refractivity contribution in [2.75, 3.05) is 17.2 Å². The highest BCUT2D eigenvalue weighted by Gasteiger charge is 2.14. The molecule has 24 heavy (non-hydrogen) atoms. The molecule has 0 aromatic heterocycles. The van der Waals surface area contributed by atoms with Crippen molar-refractivity contribution in [3.05, 3.63) is 59.2 Å². The van der Waals surface area contributed by atoms with Crippen LogP contribution in [0.3, 0.4) is 0 Å². The van der Waals surface area contributed by atoms with Gasteiger partial charge in [-0.1, -0.05) is 25.0 Å². The minimum Gasteiger partial charge on any atom is -0.385 e. The first-order valence-corrected chi connectivity index (χ1v) is 8.85. The van der Waals surface area contributed by atoms with E-state index in [1.54, 1.807) is 0 Å².